The van der Waals surface area contributed by atoms with Crippen molar-refractivity contribution in [2.24, 2.45) is 17.1 Å². The quantitative estimate of drug-likeness (QED) is 0.896. The second-order valence-electron chi connectivity index (χ2n) is 6.47. The number of carbonyl (C=O) groups is 1. The van der Waals surface area contributed by atoms with Gasteiger partial charge in [-0.25, -0.2) is 4.98 Å². The highest BCUT2D eigenvalue weighted by atomic mass is 32.1. The molecule has 1 aromatic heterocycles. The van der Waals surface area contributed by atoms with Gasteiger partial charge in [0.25, 0.3) is 0 Å². The van der Waals surface area contributed by atoms with Crippen molar-refractivity contribution in [2.45, 2.75) is 51.4 Å². The van der Waals surface area contributed by atoms with Gasteiger partial charge in [-0.05, 0) is 44.4 Å². The van der Waals surface area contributed by atoms with Crippen molar-refractivity contribution in [2.75, 3.05) is 11.9 Å². The van der Waals surface area contributed by atoms with Crippen LogP contribution < -0.4 is 11.1 Å². The first-order valence-corrected chi connectivity index (χ1v) is 8.48. The Morgan fingerprint density at radius 1 is 1.45 bits per heavy atom. The summed E-state index contributed by atoms with van der Waals surface area (Å²) in [5.41, 5.74) is 6.69. The number of aromatic nitrogens is 1. The number of carbonyl (C=O) groups excluding carboxylic acids is 1. The Balaban J connectivity index is 1.66. The Morgan fingerprint density at radius 3 is 2.75 bits per heavy atom. The normalized spacial score (nSPS) is 30.2. The third-order valence-electron chi connectivity index (χ3n) is 4.84. The lowest BCUT2D eigenvalue weighted by Crippen LogP contribution is -2.44. The molecule has 0 radical (unpaired) electrons. The van der Waals surface area contributed by atoms with E-state index in [4.69, 9.17) is 5.73 Å². The minimum Gasteiger partial charge on any atom is -0.329 e. The molecule has 3 N–H and O–H groups in total. The van der Waals surface area contributed by atoms with E-state index in [0.29, 0.717) is 18.4 Å². The van der Waals surface area contributed by atoms with Crippen LogP contribution >= 0.6 is 11.3 Å². The van der Waals surface area contributed by atoms with Crippen molar-refractivity contribution in [3.05, 3.63) is 11.1 Å². The van der Waals surface area contributed by atoms with Gasteiger partial charge in [0.1, 0.15) is 0 Å². The number of hydrogen-bond acceptors (Lipinski definition) is 4. The van der Waals surface area contributed by atoms with Gasteiger partial charge in [-0.2, -0.15) is 0 Å². The molecule has 3 rings (SSSR count). The van der Waals surface area contributed by atoms with Crippen molar-refractivity contribution >= 4 is 22.4 Å². The summed E-state index contributed by atoms with van der Waals surface area (Å²) in [6.07, 6.45) is 6.46. The number of nitrogens with two attached hydrogens (primary N) is 1. The van der Waals surface area contributed by atoms with Crippen LogP contribution in [0.15, 0.2) is 5.38 Å². The summed E-state index contributed by atoms with van der Waals surface area (Å²) >= 11 is 1.54. The van der Waals surface area contributed by atoms with Crippen LogP contribution in [0.2, 0.25) is 0 Å². The molecule has 2 saturated carbocycles. The fourth-order valence-electron chi connectivity index (χ4n) is 2.98. The Labute approximate surface area is 124 Å². The van der Waals surface area contributed by atoms with Gasteiger partial charge >= 0.3 is 0 Å². The predicted molar refractivity (Wildman–Crippen MR) is 81.8 cm³/mol. The van der Waals surface area contributed by atoms with Crippen LogP contribution in [0.4, 0.5) is 5.13 Å². The van der Waals surface area contributed by atoms with E-state index in [2.05, 4.69) is 22.6 Å². The Bertz CT molecular complexity index is 487. The van der Waals surface area contributed by atoms with Crippen molar-refractivity contribution in [3.8, 4) is 0 Å². The molecule has 0 atom stereocenters. The summed E-state index contributed by atoms with van der Waals surface area (Å²) in [4.78, 5) is 17.1. The lowest BCUT2D eigenvalue weighted by molar-refractivity contribution is -0.127. The number of amides is 1. The van der Waals surface area contributed by atoms with E-state index in [1.165, 1.54) is 24.2 Å². The van der Waals surface area contributed by atoms with Crippen molar-refractivity contribution in [1.82, 2.24) is 4.98 Å². The first kappa shape index (κ1) is 14.0. The van der Waals surface area contributed by atoms with Gasteiger partial charge in [0.05, 0.1) is 11.1 Å². The molecular weight excluding hydrogens is 270 g/mol. The fraction of sp³-hybridized carbons (Fsp3) is 0.733. The second kappa shape index (κ2) is 5.45. The maximum atomic E-state index is 12.6. The number of hydrogen-bond donors (Lipinski definition) is 2. The molecule has 0 bridgehead atoms. The summed E-state index contributed by atoms with van der Waals surface area (Å²) in [5, 5.41) is 5.82. The minimum atomic E-state index is -0.377. The standard InChI is InChI=1S/C15H23N3OS/c1-10-4-6-15(9-16,7-5-10)13(19)18-14-17-12(8-20-14)11-2-3-11/h8,10-11H,2-7,9,16H2,1H3,(H,17,18,19). The average molecular weight is 293 g/mol. The van der Waals surface area contributed by atoms with Gasteiger partial charge in [0, 0.05) is 17.8 Å². The number of thiazole rings is 1. The number of anilines is 1. The lowest BCUT2D eigenvalue weighted by atomic mass is 9.70. The summed E-state index contributed by atoms with van der Waals surface area (Å²) in [6, 6.07) is 0. The molecule has 4 nitrogen and oxygen atoms in total. The van der Waals surface area contributed by atoms with Gasteiger partial charge in [-0.15, -0.1) is 11.3 Å². The molecule has 0 spiro atoms. The Kier molecular flexibility index (Phi) is 3.82. The van der Waals surface area contributed by atoms with Gasteiger partial charge < -0.3 is 11.1 Å². The maximum absolute atomic E-state index is 12.6. The monoisotopic (exact) mass is 293 g/mol. The third-order valence-corrected chi connectivity index (χ3v) is 5.62. The zero-order chi connectivity index (χ0) is 14.2. The lowest BCUT2D eigenvalue weighted by Gasteiger charge is -2.36. The van der Waals surface area contributed by atoms with Gasteiger partial charge in [0.15, 0.2) is 5.13 Å². The Hall–Kier alpha value is -0.940. The zero-order valence-corrected chi connectivity index (χ0v) is 12.8. The molecule has 5 heteroatoms. The van der Waals surface area contributed by atoms with Gasteiger partial charge in [-0.3, -0.25) is 4.79 Å². The molecule has 0 aromatic carbocycles. The van der Waals surface area contributed by atoms with E-state index in [1.807, 2.05) is 0 Å². The van der Waals surface area contributed by atoms with E-state index < -0.39 is 0 Å². The molecule has 1 amide bonds. The molecular formula is C15H23N3OS. The molecule has 0 aliphatic heterocycles. The second-order valence-corrected chi connectivity index (χ2v) is 7.33. The third kappa shape index (κ3) is 2.74. The summed E-state index contributed by atoms with van der Waals surface area (Å²) in [7, 11) is 0. The number of rotatable bonds is 4. The highest BCUT2D eigenvalue weighted by molar-refractivity contribution is 7.13. The van der Waals surface area contributed by atoms with E-state index in [-0.39, 0.29) is 11.3 Å². The minimum absolute atomic E-state index is 0.0728. The summed E-state index contributed by atoms with van der Waals surface area (Å²) < 4.78 is 0. The summed E-state index contributed by atoms with van der Waals surface area (Å²) in [5.74, 6) is 1.42. The molecule has 1 heterocycles. The largest absolute Gasteiger partial charge is 0.329 e. The fourth-order valence-corrected chi connectivity index (χ4v) is 3.77. The van der Waals surface area contributed by atoms with Crippen molar-refractivity contribution < 1.29 is 4.79 Å². The molecule has 0 unspecified atom stereocenters. The number of nitrogens with one attached hydrogen (secondary N) is 1. The topological polar surface area (TPSA) is 68.0 Å². The van der Waals surface area contributed by atoms with Crippen LogP contribution in [-0.2, 0) is 4.79 Å². The van der Waals surface area contributed by atoms with Crippen molar-refractivity contribution in [1.29, 1.82) is 0 Å². The van der Waals surface area contributed by atoms with Gasteiger partial charge in [0.2, 0.25) is 5.91 Å². The average Bonchev–Trinajstić information content (AvgIpc) is 3.21. The molecule has 2 fully saturated rings. The van der Waals surface area contributed by atoms with Crippen molar-refractivity contribution in [3.63, 3.8) is 0 Å². The Morgan fingerprint density at radius 2 is 2.15 bits per heavy atom. The van der Waals surface area contributed by atoms with Crippen LogP contribution in [0.25, 0.3) is 0 Å². The first-order chi connectivity index (χ1) is 9.63. The van der Waals surface area contributed by atoms with E-state index in [1.54, 1.807) is 0 Å². The van der Waals surface area contributed by atoms with Crippen LogP contribution in [0.1, 0.15) is 57.1 Å². The first-order valence-electron chi connectivity index (χ1n) is 7.60. The molecule has 1 aromatic rings. The van der Waals surface area contributed by atoms with E-state index in [0.717, 1.165) is 36.5 Å². The highest BCUT2D eigenvalue weighted by Crippen LogP contribution is 2.42. The van der Waals surface area contributed by atoms with Gasteiger partial charge in [-0.1, -0.05) is 6.92 Å². The van der Waals surface area contributed by atoms with Crippen LogP contribution in [0.3, 0.4) is 0 Å². The molecule has 0 saturated heterocycles. The highest BCUT2D eigenvalue weighted by Gasteiger charge is 2.40. The number of nitrogens with zero attached hydrogens (tertiary/aromatic N) is 1. The molecule has 110 valence electrons. The van der Waals surface area contributed by atoms with Crippen LogP contribution in [0.5, 0.6) is 0 Å². The van der Waals surface area contributed by atoms with E-state index >= 15 is 0 Å². The molecule has 20 heavy (non-hydrogen) atoms. The van der Waals surface area contributed by atoms with E-state index in [9.17, 15) is 4.79 Å². The molecule has 2 aliphatic carbocycles. The zero-order valence-electron chi connectivity index (χ0n) is 12.0. The van der Waals surface area contributed by atoms with Crippen LogP contribution in [0, 0.1) is 11.3 Å². The predicted octanol–water partition coefficient (Wildman–Crippen LogP) is 3.11. The summed E-state index contributed by atoms with van der Waals surface area (Å²) in [6.45, 7) is 2.69. The molecule has 2 aliphatic rings. The smallest absolute Gasteiger partial charge is 0.233 e. The van der Waals surface area contributed by atoms with Crippen LogP contribution in [-0.4, -0.2) is 17.4 Å². The maximum Gasteiger partial charge on any atom is 0.233 e. The SMILES string of the molecule is CC1CCC(CN)(C(=O)Nc2nc(C3CC3)cs2)CC1.